The fourth-order valence-corrected chi connectivity index (χ4v) is 3.73. The molecule has 0 spiro atoms. The summed E-state index contributed by atoms with van der Waals surface area (Å²) in [6.45, 7) is 3.00. The van der Waals surface area contributed by atoms with Crippen molar-refractivity contribution in [2.75, 3.05) is 46.3 Å². The Labute approximate surface area is 142 Å². The van der Waals surface area contributed by atoms with E-state index in [9.17, 15) is 17.6 Å². The topological polar surface area (TPSA) is 72.9 Å². The minimum absolute atomic E-state index is 0.00360. The van der Waals surface area contributed by atoms with Gasteiger partial charge in [-0.1, -0.05) is 6.92 Å². The summed E-state index contributed by atoms with van der Waals surface area (Å²) in [5.41, 5.74) is 0. The fraction of sp³-hybridized carbons (Fsp3) is 0.562. The summed E-state index contributed by atoms with van der Waals surface area (Å²) < 4.78 is 47.6. The zero-order valence-corrected chi connectivity index (χ0v) is 15.0. The van der Waals surface area contributed by atoms with Crippen LogP contribution in [0.5, 0.6) is 0 Å². The maximum atomic E-state index is 12.9. The van der Waals surface area contributed by atoms with Crippen molar-refractivity contribution in [3.8, 4) is 0 Å². The Morgan fingerprint density at radius 3 is 2.08 bits per heavy atom. The lowest BCUT2D eigenvalue weighted by atomic mass is 10.2. The Morgan fingerprint density at radius 2 is 1.62 bits per heavy atom. The molecule has 136 valence electrons. The molecule has 1 amide bonds. The quantitative estimate of drug-likeness (QED) is 0.588. The molecule has 0 aromatic heterocycles. The number of sulfone groups is 1. The average Bonchev–Trinajstić information content (AvgIpc) is 2.54. The van der Waals surface area contributed by atoms with Crippen LogP contribution in [-0.4, -0.2) is 65.5 Å². The van der Waals surface area contributed by atoms with Crippen molar-refractivity contribution in [2.24, 2.45) is 5.92 Å². The summed E-state index contributed by atoms with van der Waals surface area (Å²) in [6.07, 6.45) is 0. The number of carbonyl (C=O) groups excluding carboxylic acids is 1. The number of nitrogens with zero attached hydrogens (tertiary/aromatic N) is 1. The van der Waals surface area contributed by atoms with Gasteiger partial charge in [0.1, 0.15) is 5.82 Å². The summed E-state index contributed by atoms with van der Waals surface area (Å²) in [7, 11) is -0.614. The lowest BCUT2D eigenvalue weighted by molar-refractivity contribution is -0.135. The Balaban J connectivity index is 2.80. The Kier molecular flexibility index (Phi) is 8.30. The van der Waals surface area contributed by atoms with Crippen LogP contribution in [0.1, 0.15) is 6.92 Å². The number of halogens is 1. The van der Waals surface area contributed by atoms with Crippen LogP contribution >= 0.6 is 0 Å². The summed E-state index contributed by atoms with van der Waals surface area (Å²) in [5, 5.41) is 0. The molecular weight excluding hydrogens is 337 g/mol. The first-order valence-corrected chi connectivity index (χ1v) is 9.22. The van der Waals surface area contributed by atoms with Crippen molar-refractivity contribution in [2.45, 2.75) is 11.8 Å². The van der Waals surface area contributed by atoms with E-state index in [-0.39, 0.29) is 16.6 Å². The summed E-state index contributed by atoms with van der Waals surface area (Å²) in [5.74, 6) is -1.86. The van der Waals surface area contributed by atoms with Gasteiger partial charge in [-0.2, -0.15) is 0 Å². The third-order valence-corrected chi connectivity index (χ3v) is 5.44. The molecule has 24 heavy (non-hydrogen) atoms. The van der Waals surface area contributed by atoms with Gasteiger partial charge in [0.25, 0.3) is 0 Å². The molecule has 0 aliphatic carbocycles. The molecule has 6 nitrogen and oxygen atoms in total. The Morgan fingerprint density at radius 1 is 1.12 bits per heavy atom. The van der Waals surface area contributed by atoms with Crippen LogP contribution in [-0.2, 0) is 24.1 Å². The normalized spacial score (nSPS) is 12.8. The van der Waals surface area contributed by atoms with E-state index in [2.05, 4.69) is 0 Å². The first-order valence-electron chi connectivity index (χ1n) is 7.56. The maximum absolute atomic E-state index is 12.9. The van der Waals surface area contributed by atoms with E-state index < -0.39 is 21.6 Å². The molecule has 0 heterocycles. The van der Waals surface area contributed by atoms with Crippen LogP contribution in [0, 0.1) is 11.7 Å². The van der Waals surface area contributed by atoms with Gasteiger partial charge in [0.2, 0.25) is 5.91 Å². The van der Waals surface area contributed by atoms with Gasteiger partial charge in [-0.05, 0) is 24.3 Å². The van der Waals surface area contributed by atoms with Gasteiger partial charge >= 0.3 is 0 Å². The van der Waals surface area contributed by atoms with Crippen molar-refractivity contribution >= 4 is 15.7 Å². The molecular formula is C16H24FNO5S. The van der Waals surface area contributed by atoms with Gasteiger partial charge in [-0.3, -0.25) is 4.79 Å². The van der Waals surface area contributed by atoms with Gasteiger partial charge in [-0.15, -0.1) is 0 Å². The van der Waals surface area contributed by atoms with E-state index in [4.69, 9.17) is 9.47 Å². The molecule has 1 aromatic rings. The molecule has 1 rings (SSSR count). The maximum Gasteiger partial charge on any atom is 0.226 e. The number of amides is 1. The first kappa shape index (κ1) is 20.5. The third kappa shape index (κ3) is 6.18. The second-order valence-electron chi connectivity index (χ2n) is 5.45. The zero-order chi connectivity index (χ0) is 18.2. The highest BCUT2D eigenvalue weighted by Crippen LogP contribution is 2.16. The molecule has 1 aromatic carbocycles. The van der Waals surface area contributed by atoms with Gasteiger partial charge < -0.3 is 14.4 Å². The van der Waals surface area contributed by atoms with E-state index in [0.29, 0.717) is 26.3 Å². The number of hydrogen-bond donors (Lipinski definition) is 0. The molecule has 0 unspecified atom stereocenters. The van der Waals surface area contributed by atoms with Crippen molar-refractivity contribution in [3.63, 3.8) is 0 Å². The lowest BCUT2D eigenvalue weighted by Crippen LogP contribution is -2.41. The van der Waals surface area contributed by atoms with E-state index in [1.807, 2.05) is 0 Å². The van der Waals surface area contributed by atoms with E-state index >= 15 is 0 Å². The zero-order valence-electron chi connectivity index (χ0n) is 14.2. The van der Waals surface area contributed by atoms with Gasteiger partial charge in [0.05, 0.1) is 23.9 Å². The number of rotatable bonds is 10. The highest BCUT2D eigenvalue weighted by atomic mass is 32.2. The van der Waals surface area contributed by atoms with E-state index in [1.54, 1.807) is 6.92 Å². The predicted octanol–water partition coefficient (Wildman–Crippen LogP) is 1.36. The molecule has 0 saturated carbocycles. The molecule has 0 fully saturated rings. The van der Waals surface area contributed by atoms with Crippen molar-refractivity contribution < 1.29 is 27.1 Å². The number of ether oxygens (including phenoxy) is 2. The molecule has 0 radical (unpaired) electrons. The SMILES string of the molecule is COCCN(CCOC)C(=O)[C@H](C)CS(=O)(=O)c1ccc(F)cc1. The minimum Gasteiger partial charge on any atom is -0.383 e. The summed E-state index contributed by atoms with van der Waals surface area (Å²) in [4.78, 5) is 14.0. The van der Waals surface area contributed by atoms with Crippen LogP contribution in [0.25, 0.3) is 0 Å². The van der Waals surface area contributed by atoms with Gasteiger partial charge in [0, 0.05) is 33.2 Å². The van der Waals surface area contributed by atoms with E-state index in [0.717, 1.165) is 12.1 Å². The van der Waals surface area contributed by atoms with Gasteiger partial charge in [-0.25, -0.2) is 12.8 Å². The first-order chi connectivity index (χ1) is 11.3. The van der Waals surface area contributed by atoms with Crippen LogP contribution < -0.4 is 0 Å². The predicted molar refractivity (Wildman–Crippen MR) is 87.9 cm³/mol. The number of benzene rings is 1. The monoisotopic (exact) mass is 361 g/mol. The minimum atomic E-state index is -3.67. The van der Waals surface area contributed by atoms with Crippen LogP contribution in [0.2, 0.25) is 0 Å². The average molecular weight is 361 g/mol. The van der Waals surface area contributed by atoms with Crippen molar-refractivity contribution in [1.82, 2.24) is 4.90 Å². The third-order valence-electron chi connectivity index (χ3n) is 3.51. The largest absolute Gasteiger partial charge is 0.383 e. The lowest BCUT2D eigenvalue weighted by Gasteiger charge is -2.25. The van der Waals surface area contributed by atoms with Crippen LogP contribution in [0.4, 0.5) is 4.39 Å². The van der Waals surface area contributed by atoms with Crippen LogP contribution in [0.3, 0.4) is 0 Å². The summed E-state index contributed by atoms with van der Waals surface area (Å²) in [6, 6.07) is 4.58. The fourth-order valence-electron chi connectivity index (χ4n) is 2.19. The second-order valence-corrected chi connectivity index (χ2v) is 7.48. The molecule has 8 heteroatoms. The highest BCUT2D eigenvalue weighted by Gasteiger charge is 2.26. The number of hydrogen-bond acceptors (Lipinski definition) is 5. The smallest absolute Gasteiger partial charge is 0.226 e. The Bertz CT molecular complexity index is 610. The second kappa shape index (κ2) is 9.71. The van der Waals surface area contributed by atoms with Crippen molar-refractivity contribution in [1.29, 1.82) is 0 Å². The van der Waals surface area contributed by atoms with Crippen molar-refractivity contribution in [3.05, 3.63) is 30.1 Å². The molecule has 0 N–H and O–H groups in total. The molecule has 0 saturated heterocycles. The molecule has 0 aliphatic rings. The molecule has 1 atom stereocenters. The standard InChI is InChI=1S/C16H24FNO5S/c1-13(16(19)18(8-10-22-2)9-11-23-3)12-24(20,21)15-6-4-14(17)5-7-15/h4-7,13H,8-12H2,1-3H3/t13-/m1/s1. The summed E-state index contributed by atoms with van der Waals surface area (Å²) >= 11 is 0. The number of methoxy groups -OCH3 is 2. The molecule has 0 aliphatic heterocycles. The van der Waals surface area contributed by atoms with E-state index in [1.165, 1.54) is 31.3 Å². The molecule has 0 bridgehead atoms. The van der Waals surface area contributed by atoms with Crippen LogP contribution in [0.15, 0.2) is 29.2 Å². The Hall–Kier alpha value is -1.51. The number of carbonyl (C=O) groups is 1. The highest BCUT2D eigenvalue weighted by molar-refractivity contribution is 7.91. The van der Waals surface area contributed by atoms with Gasteiger partial charge in [0.15, 0.2) is 9.84 Å².